The molecule has 0 saturated heterocycles. The molecule has 0 unspecified atom stereocenters. The SMILES string of the molecule is C#CCNC(=O)CC=C. The van der Waals surface area contributed by atoms with Crippen LogP contribution in [0.1, 0.15) is 6.42 Å². The van der Waals surface area contributed by atoms with Gasteiger partial charge in [-0.05, 0) is 0 Å². The van der Waals surface area contributed by atoms with Crippen LogP contribution in [0.15, 0.2) is 12.7 Å². The van der Waals surface area contributed by atoms with Crippen LogP contribution in [-0.4, -0.2) is 12.5 Å². The largest absolute Gasteiger partial charge is 0.345 e. The van der Waals surface area contributed by atoms with Crippen molar-refractivity contribution in [2.45, 2.75) is 6.42 Å². The van der Waals surface area contributed by atoms with Gasteiger partial charge in [-0.25, -0.2) is 0 Å². The Morgan fingerprint density at radius 3 is 3.00 bits per heavy atom. The zero-order chi connectivity index (χ0) is 7.11. The lowest BCUT2D eigenvalue weighted by atomic mass is 10.4. The van der Waals surface area contributed by atoms with Crippen LogP contribution in [0.4, 0.5) is 0 Å². The van der Waals surface area contributed by atoms with Gasteiger partial charge in [0.2, 0.25) is 5.91 Å². The summed E-state index contributed by atoms with van der Waals surface area (Å²) in [6.45, 7) is 3.69. The monoisotopic (exact) mass is 123 g/mol. The van der Waals surface area contributed by atoms with E-state index in [2.05, 4.69) is 17.8 Å². The summed E-state index contributed by atoms with van der Waals surface area (Å²) >= 11 is 0. The molecule has 0 aliphatic heterocycles. The minimum Gasteiger partial charge on any atom is -0.345 e. The molecule has 0 aliphatic carbocycles. The van der Waals surface area contributed by atoms with E-state index in [1.54, 1.807) is 0 Å². The second kappa shape index (κ2) is 4.92. The summed E-state index contributed by atoms with van der Waals surface area (Å²) in [5.74, 6) is 2.21. The fraction of sp³-hybridized carbons (Fsp3) is 0.286. The predicted octanol–water partition coefficient (Wildman–Crippen LogP) is 0.312. The van der Waals surface area contributed by atoms with Crippen molar-refractivity contribution < 1.29 is 4.79 Å². The van der Waals surface area contributed by atoms with Gasteiger partial charge in [0.25, 0.3) is 0 Å². The van der Waals surface area contributed by atoms with Crippen molar-refractivity contribution >= 4 is 5.91 Å². The summed E-state index contributed by atoms with van der Waals surface area (Å²) in [6, 6.07) is 0. The molecule has 0 fully saturated rings. The average molecular weight is 123 g/mol. The van der Waals surface area contributed by atoms with E-state index in [0.29, 0.717) is 13.0 Å². The third kappa shape index (κ3) is 4.63. The smallest absolute Gasteiger partial charge is 0.224 e. The van der Waals surface area contributed by atoms with Crippen LogP contribution in [-0.2, 0) is 4.79 Å². The van der Waals surface area contributed by atoms with Crippen LogP contribution in [0.2, 0.25) is 0 Å². The van der Waals surface area contributed by atoms with Gasteiger partial charge in [-0.15, -0.1) is 13.0 Å². The highest BCUT2D eigenvalue weighted by Crippen LogP contribution is 1.76. The van der Waals surface area contributed by atoms with Crippen molar-refractivity contribution in [3.8, 4) is 12.3 Å². The Bertz CT molecular complexity index is 143. The Kier molecular flexibility index (Phi) is 4.25. The van der Waals surface area contributed by atoms with Crippen LogP contribution < -0.4 is 5.32 Å². The molecule has 1 amide bonds. The van der Waals surface area contributed by atoms with Crippen molar-refractivity contribution in [2.75, 3.05) is 6.54 Å². The third-order valence-corrected chi connectivity index (χ3v) is 0.717. The summed E-state index contributed by atoms with van der Waals surface area (Å²) in [4.78, 5) is 10.5. The maximum Gasteiger partial charge on any atom is 0.224 e. The highest BCUT2D eigenvalue weighted by atomic mass is 16.1. The first-order valence-corrected chi connectivity index (χ1v) is 2.62. The van der Waals surface area contributed by atoms with Crippen LogP contribution in [0.3, 0.4) is 0 Å². The molecule has 1 N–H and O–H groups in total. The number of terminal acetylenes is 1. The minimum absolute atomic E-state index is 0.0806. The first-order chi connectivity index (χ1) is 4.31. The lowest BCUT2D eigenvalue weighted by Crippen LogP contribution is -2.22. The van der Waals surface area contributed by atoms with Crippen molar-refractivity contribution in [1.82, 2.24) is 5.32 Å². The Morgan fingerprint density at radius 2 is 2.56 bits per heavy atom. The van der Waals surface area contributed by atoms with E-state index in [-0.39, 0.29) is 5.91 Å². The molecule has 0 bridgehead atoms. The molecule has 2 nitrogen and oxygen atoms in total. The fourth-order valence-corrected chi connectivity index (χ4v) is 0.353. The number of rotatable bonds is 3. The van der Waals surface area contributed by atoms with Gasteiger partial charge in [-0.3, -0.25) is 4.79 Å². The number of hydrogen-bond acceptors (Lipinski definition) is 1. The number of hydrogen-bond donors (Lipinski definition) is 1. The van der Waals surface area contributed by atoms with Gasteiger partial charge >= 0.3 is 0 Å². The fourth-order valence-electron chi connectivity index (χ4n) is 0.353. The highest BCUT2D eigenvalue weighted by molar-refractivity contribution is 5.77. The molecule has 0 aromatic heterocycles. The van der Waals surface area contributed by atoms with Gasteiger partial charge in [0, 0.05) is 6.42 Å². The molecule has 9 heavy (non-hydrogen) atoms. The Hall–Kier alpha value is -1.23. The molecule has 48 valence electrons. The standard InChI is InChI=1S/C7H9NO/c1-3-5-7(9)8-6-4-2/h2-3H,1,5-6H2,(H,8,9). The van der Waals surface area contributed by atoms with Gasteiger partial charge in [-0.1, -0.05) is 12.0 Å². The zero-order valence-electron chi connectivity index (χ0n) is 5.18. The topological polar surface area (TPSA) is 29.1 Å². The number of amides is 1. The van der Waals surface area contributed by atoms with Gasteiger partial charge in [0.15, 0.2) is 0 Å². The summed E-state index contributed by atoms with van der Waals surface area (Å²) in [6.07, 6.45) is 6.75. The molecule has 2 heteroatoms. The molecule has 0 spiro atoms. The van der Waals surface area contributed by atoms with E-state index in [0.717, 1.165) is 0 Å². The van der Waals surface area contributed by atoms with Crippen LogP contribution in [0, 0.1) is 12.3 Å². The van der Waals surface area contributed by atoms with Gasteiger partial charge in [0.1, 0.15) is 0 Å². The van der Waals surface area contributed by atoms with Crippen molar-refractivity contribution in [1.29, 1.82) is 0 Å². The molecule has 0 atom stereocenters. The van der Waals surface area contributed by atoms with Crippen LogP contribution in [0.25, 0.3) is 0 Å². The Balaban J connectivity index is 3.29. The second-order valence-corrected chi connectivity index (χ2v) is 1.47. The number of nitrogens with one attached hydrogen (secondary N) is 1. The van der Waals surface area contributed by atoms with Gasteiger partial charge in [0.05, 0.1) is 6.54 Å². The number of carbonyl (C=O) groups excluding carboxylic acids is 1. The zero-order valence-corrected chi connectivity index (χ0v) is 5.18. The third-order valence-electron chi connectivity index (χ3n) is 0.717. The molecule has 0 aromatic rings. The molecular weight excluding hydrogens is 114 g/mol. The molecule has 0 heterocycles. The second-order valence-electron chi connectivity index (χ2n) is 1.47. The minimum atomic E-state index is -0.0806. The maximum absolute atomic E-state index is 10.5. The van der Waals surface area contributed by atoms with Gasteiger partial charge < -0.3 is 5.32 Å². The predicted molar refractivity (Wildman–Crippen MR) is 36.7 cm³/mol. The van der Waals surface area contributed by atoms with Crippen molar-refractivity contribution in [3.63, 3.8) is 0 Å². The molecule has 0 aliphatic rings. The Morgan fingerprint density at radius 1 is 1.89 bits per heavy atom. The highest BCUT2D eigenvalue weighted by Gasteiger charge is 1.91. The van der Waals surface area contributed by atoms with Crippen LogP contribution in [0.5, 0.6) is 0 Å². The maximum atomic E-state index is 10.5. The molecular formula is C7H9NO. The van der Waals surface area contributed by atoms with E-state index < -0.39 is 0 Å². The van der Waals surface area contributed by atoms with E-state index in [4.69, 9.17) is 6.42 Å². The summed E-state index contributed by atoms with van der Waals surface area (Å²) in [5.41, 5.74) is 0. The lowest BCUT2D eigenvalue weighted by Gasteiger charge is -1.94. The normalized spacial score (nSPS) is 7.44. The van der Waals surface area contributed by atoms with E-state index in [1.807, 2.05) is 0 Å². The Labute approximate surface area is 54.9 Å². The molecule has 0 saturated carbocycles. The van der Waals surface area contributed by atoms with E-state index >= 15 is 0 Å². The first kappa shape index (κ1) is 7.77. The van der Waals surface area contributed by atoms with E-state index in [1.165, 1.54) is 6.08 Å². The van der Waals surface area contributed by atoms with Gasteiger partial charge in [-0.2, -0.15) is 0 Å². The number of carbonyl (C=O) groups is 1. The van der Waals surface area contributed by atoms with Crippen molar-refractivity contribution in [2.24, 2.45) is 0 Å². The molecule has 0 radical (unpaired) electrons. The quantitative estimate of drug-likeness (QED) is 0.424. The first-order valence-electron chi connectivity index (χ1n) is 2.62. The summed E-state index contributed by atoms with van der Waals surface area (Å²) in [5, 5.41) is 2.49. The van der Waals surface area contributed by atoms with Crippen molar-refractivity contribution in [3.05, 3.63) is 12.7 Å². The molecule has 0 rings (SSSR count). The summed E-state index contributed by atoms with van der Waals surface area (Å²) < 4.78 is 0. The van der Waals surface area contributed by atoms with E-state index in [9.17, 15) is 4.79 Å². The molecule has 0 aromatic carbocycles. The summed E-state index contributed by atoms with van der Waals surface area (Å²) in [7, 11) is 0. The average Bonchev–Trinajstić information content (AvgIpc) is 1.85. The van der Waals surface area contributed by atoms with Crippen LogP contribution >= 0.6 is 0 Å². The lowest BCUT2D eigenvalue weighted by molar-refractivity contribution is -0.120.